The van der Waals surface area contributed by atoms with Crippen molar-refractivity contribution in [3.05, 3.63) is 11.1 Å². The highest BCUT2D eigenvalue weighted by molar-refractivity contribution is 7.15. The molecule has 134 valence electrons. The number of rotatable bonds is 5. The number of Topliss-reactive ketones (excluding diaryl/α,β-unsaturated/α-hetero) is 1. The predicted octanol–water partition coefficient (Wildman–Crippen LogP) is 3.80. The first kappa shape index (κ1) is 16.8. The number of ketones is 1. The van der Waals surface area contributed by atoms with Gasteiger partial charge in [0.1, 0.15) is 5.78 Å². The molecule has 6 heteroatoms. The zero-order chi connectivity index (χ0) is 17.2. The number of nitriles is 1. The number of hydrogen-bond donors (Lipinski definition) is 2. The lowest BCUT2D eigenvalue weighted by atomic mass is 9.71. The molecule has 1 heterocycles. The highest BCUT2D eigenvalue weighted by atomic mass is 32.1. The van der Waals surface area contributed by atoms with E-state index in [1.54, 1.807) is 11.3 Å². The smallest absolute Gasteiger partial charge is 0.183 e. The SMILES string of the molecule is N#CNC1CC(C2CC(Nc3ncc(C4CCCCC4)s3)CC2=O)C1. The van der Waals surface area contributed by atoms with Crippen LogP contribution in [0.2, 0.25) is 0 Å². The molecule has 5 nitrogen and oxygen atoms in total. The van der Waals surface area contributed by atoms with Crippen molar-refractivity contribution >= 4 is 22.3 Å². The van der Waals surface area contributed by atoms with Crippen LogP contribution in [-0.4, -0.2) is 22.9 Å². The second-order valence-electron chi connectivity index (χ2n) is 7.94. The molecule has 0 saturated heterocycles. The van der Waals surface area contributed by atoms with E-state index in [0.717, 1.165) is 24.4 Å². The highest BCUT2D eigenvalue weighted by Gasteiger charge is 2.43. The summed E-state index contributed by atoms with van der Waals surface area (Å²) in [5, 5.41) is 16.0. The number of carbonyl (C=O) groups excluding carboxylic acids is 1. The summed E-state index contributed by atoms with van der Waals surface area (Å²) in [5.74, 6) is 1.72. The van der Waals surface area contributed by atoms with Crippen LogP contribution in [0, 0.1) is 23.3 Å². The number of thiazole rings is 1. The summed E-state index contributed by atoms with van der Waals surface area (Å²) in [6.45, 7) is 0. The van der Waals surface area contributed by atoms with Crippen molar-refractivity contribution in [3.63, 3.8) is 0 Å². The number of hydrogen-bond acceptors (Lipinski definition) is 6. The molecule has 3 saturated carbocycles. The summed E-state index contributed by atoms with van der Waals surface area (Å²) in [4.78, 5) is 18.4. The van der Waals surface area contributed by atoms with Crippen molar-refractivity contribution in [1.29, 1.82) is 5.26 Å². The number of nitrogens with zero attached hydrogens (tertiary/aromatic N) is 2. The lowest BCUT2D eigenvalue weighted by Crippen LogP contribution is -2.43. The maximum Gasteiger partial charge on any atom is 0.183 e. The summed E-state index contributed by atoms with van der Waals surface area (Å²) >= 11 is 1.78. The fourth-order valence-corrected chi connectivity index (χ4v) is 5.85. The summed E-state index contributed by atoms with van der Waals surface area (Å²) in [6.07, 6.45) is 14.2. The van der Waals surface area contributed by atoms with Crippen molar-refractivity contribution in [2.24, 2.45) is 11.8 Å². The summed E-state index contributed by atoms with van der Waals surface area (Å²) in [5.41, 5.74) is 0. The van der Waals surface area contributed by atoms with E-state index in [4.69, 9.17) is 5.26 Å². The second kappa shape index (κ2) is 7.33. The maximum absolute atomic E-state index is 12.4. The lowest BCUT2D eigenvalue weighted by molar-refractivity contribution is -0.123. The first-order chi connectivity index (χ1) is 12.2. The quantitative estimate of drug-likeness (QED) is 0.618. The Balaban J connectivity index is 1.30. The number of nitrogens with one attached hydrogen (secondary N) is 2. The Hall–Kier alpha value is -1.61. The molecule has 0 radical (unpaired) electrons. The van der Waals surface area contributed by atoms with Gasteiger partial charge in [0.25, 0.3) is 0 Å². The third kappa shape index (κ3) is 3.67. The summed E-state index contributed by atoms with van der Waals surface area (Å²) < 4.78 is 0. The molecule has 0 aromatic carbocycles. The highest BCUT2D eigenvalue weighted by Crippen LogP contribution is 2.42. The number of carbonyl (C=O) groups is 1. The molecule has 3 aliphatic carbocycles. The molecule has 3 fully saturated rings. The van der Waals surface area contributed by atoms with E-state index in [-0.39, 0.29) is 18.0 Å². The molecule has 3 aliphatic rings. The maximum atomic E-state index is 12.4. The van der Waals surface area contributed by atoms with Gasteiger partial charge in [-0.25, -0.2) is 4.98 Å². The zero-order valence-electron chi connectivity index (χ0n) is 14.5. The molecule has 2 N–H and O–H groups in total. The van der Waals surface area contributed by atoms with Gasteiger partial charge in [-0.05, 0) is 43.9 Å². The van der Waals surface area contributed by atoms with Crippen LogP contribution in [0.5, 0.6) is 0 Å². The molecule has 0 bridgehead atoms. The van der Waals surface area contributed by atoms with Gasteiger partial charge in [0.15, 0.2) is 11.3 Å². The van der Waals surface area contributed by atoms with Gasteiger partial charge in [-0.2, -0.15) is 5.26 Å². The van der Waals surface area contributed by atoms with E-state index in [0.29, 0.717) is 24.0 Å². The van der Waals surface area contributed by atoms with Crippen LogP contribution in [-0.2, 0) is 4.79 Å². The molecule has 2 unspecified atom stereocenters. The molecule has 0 spiro atoms. The van der Waals surface area contributed by atoms with E-state index < -0.39 is 0 Å². The second-order valence-corrected chi connectivity index (χ2v) is 9.00. The van der Waals surface area contributed by atoms with Gasteiger partial charge in [0, 0.05) is 35.5 Å². The first-order valence-corrected chi connectivity index (χ1v) is 10.4. The topological polar surface area (TPSA) is 77.8 Å². The molecular formula is C19H26N4OS. The fourth-order valence-electron chi connectivity index (χ4n) is 4.78. The van der Waals surface area contributed by atoms with Crippen molar-refractivity contribution in [1.82, 2.24) is 10.3 Å². The van der Waals surface area contributed by atoms with Crippen molar-refractivity contribution in [2.75, 3.05) is 5.32 Å². The van der Waals surface area contributed by atoms with E-state index in [1.165, 1.54) is 37.0 Å². The van der Waals surface area contributed by atoms with Crippen LogP contribution in [0.15, 0.2) is 6.20 Å². The molecular weight excluding hydrogens is 332 g/mol. The molecule has 2 atom stereocenters. The average molecular weight is 359 g/mol. The third-order valence-corrected chi connectivity index (χ3v) is 7.36. The zero-order valence-corrected chi connectivity index (χ0v) is 15.4. The van der Waals surface area contributed by atoms with Crippen LogP contribution < -0.4 is 10.6 Å². The summed E-state index contributed by atoms with van der Waals surface area (Å²) in [7, 11) is 0. The van der Waals surface area contributed by atoms with E-state index in [1.807, 2.05) is 12.4 Å². The Bertz CT molecular complexity index is 655. The summed E-state index contributed by atoms with van der Waals surface area (Å²) in [6, 6.07) is 0.512. The van der Waals surface area contributed by atoms with Gasteiger partial charge in [-0.1, -0.05) is 19.3 Å². The molecule has 25 heavy (non-hydrogen) atoms. The number of anilines is 1. The van der Waals surface area contributed by atoms with Gasteiger partial charge in [-0.15, -0.1) is 11.3 Å². The Morgan fingerprint density at radius 3 is 2.72 bits per heavy atom. The lowest BCUT2D eigenvalue weighted by Gasteiger charge is -2.37. The van der Waals surface area contributed by atoms with Gasteiger partial charge in [0.2, 0.25) is 0 Å². The van der Waals surface area contributed by atoms with Crippen LogP contribution >= 0.6 is 11.3 Å². The average Bonchev–Trinajstić information content (AvgIpc) is 3.19. The van der Waals surface area contributed by atoms with Gasteiger partial charge >= 0.3 is 0 Å². The molecule has 1 aromatic heterocycles. The van der Waals surface area contributed by atoms with Crippen LogP contribution in [0.1, 0.15) is 68.6 Å². The van der Waals surface area contributed by atoms with Crippen LogP contribution in [0.4, 0.5) is 5.13 Å². The van der Waals surface area contributed by atoms with Crippen LogP contribution in [0.25, 0.3) is 0 Å². The fraction of sp³-hybridized carbons (Fsp3) is 0.737. The Kier molecular flexibility index (Phi) is 4.93. The molecule has 0 aliphatic heterocycles. The van der Waals surface area contributed by atoms with Gasteiger partial charge < -0.3 is 10.6 Å². The van der Waals surface area contributed by atoms with Crippen molar-refractivity contribution in [2.45, 2.75) is 75.8 Å². The van der Waals surface area contributed by atoms with Gasteiger partial charge in [-0.3, -0.25) is 4.79 Å². The Morgan fingerprint density at radius 2 is 1.96 bits per heavy atom. The van der Waals surface area contributed by atoms with Gasteiger partial charge in [0.05, 0.1) is 0 Å². The monoisotopic (exact) mass is 358 g/mol. The van der Waals surface area contributed by atoms with Crippen molar-refractivity contribution in [3.8, 4) is 6.19 Å². The third-order valence-electron chi connectivity index (χ3n) is 6.27. The normalized spacial score (nSPS) is 32.8. The minimum atomic E-state index is 0.173. The predicted molar refractivity (Wildman–Crippen MR) is 98.3 cm³/mol. The largest absolute Gasteiger partial charge is 0.358 e. The molecule has 1 aromatic rings. The standard InChI is InChI=1S/C19H26N4OS/c20-11-22-14-6-13(7-14)16-8-15(9-17(16)24)23-19-21-10-18(25-19)12-4-2-1-3-5-12/h10,12-16,22H,1-9H2,(H,21,23). The van der Waals surface area contributed by atoms with Crippen LogP contribution in [0.3, 0.4) is 0 Å². The Labute approximate surface area is 153 Å². The molecule has 0 amide bonds. The van der Waals surface area contributed by atoms with Crippen molar-refractivity contribution < 1.29 is 4.79 Å². The van der Waals surface area contributed by atoms with E-state index >= 15 is 0 Å². The molecule has 4 rings (SSSR count). The van der Waals surface area contributed by atoms with E-state index in [2.05, 4.69) is 15.6 Å². The minimum absolute atomic E-state index is 0.173. The first-order valence-electron chi connectivity index (χ1n) is 9.62. The van der Waals surface area contributed by atoms with E-state index in [9.17, 15) is 4.79 Å². The Morgan fingerprint density at radius 1 is 1.16 bits per heavy atom. The number of aromatic nitrogens is 1. The minimum Gasteiger partial charge on any atom is -0.358 e.